The van der Waals surface area contributed by atoms with E-state index in [1.54, 1.807) is 17.2 Å². The normalized spacial score (nSPS) is 15.7. The van der Waals surface area contributed by atoms with Crippen molar-refractivity contribution in [2.75, 3.05) is 0 Å². The van der Waals surface area contributed by atoms with Crippen LogP contribution in [0.25, 0.3) is 5.82 Å². The van der Waals surface area contributed by atoms with Crippen molar-refractivity contribution in [2.24, 2.45) is 5.92 Å². The summed E-state index contributed by atoms with van der Waals surface area (Å²) in [6.07, 6.45) is 8.90. The zero-order chi connectivity index (χ0) is 17.6. The molecule has 0 saturated heterocycles. The minimum Gasteiger partial charge on any atom is -0.350 e. The molecule has 1 atom stereocenters. The highest BCUT2D eigenvalue weighted by Crippen LogP contribution is 2.27. The Morgan fingerprint density at radius 3 is 2.72 bits per heavy atom. The fraction of sp³-hybridized carbons (Fsp3) is 0.471. The summed E-state index contributed by atoms with van der Waals surface area (Å²) in [6, 6.07) is 3.24. The minimum absolute atomic E-state index is 0.137. The van der Waals surface area contributed by atoms with E-state index in [1.165, 1.54) is 13.3 Å². The molecule has 1 aliphatic rings. The van der Waals surface area contributed by atoms with Gasteiger partial charge >= 0.3 is 0 Å². The molecule has 3 rings (SSSR count). The van der Waals surface area contributed by atoms with Crippen molar-refractivity contribution in [1.29, 1.82) is 0 Å². The molecule has 0 unspecified atom stereocenters. The number of carbonyl (C=O) groups excluding carboxylic acids is 2. The molecule has 8 heteroatoms. The van der Waals surface area contributed by atoms with Crippen molar-refractivity contribution in [1.82, 2.24) is 30.4 Å². The molecule has 0 aromatic carbocycles. The van der Waals surface area contributed by atoms with Crippen molar-refractivity contribution in [2.45, 2.75) is 45.2 Å². The van der Waals surface area contributed by atoms with Crippen LogP contribution in [0.2, 0.25) is 0 Å². The lowest BCUT2D eigenvalue weighted by Gasteiger charge is -2.23. The lowest BCUT2D eigenvalue weighted by atomic mass is 9.97. The molecule has 1 aliphatic carbocycles. The highest BCUT2D eigenvalue weighted by molar-refractivity contribution is 5.87. The van der Waals surface area contributed by atoms with E-state index in [0.29, 0.717) is 12.4 Å². The molecule has 2 N–H and O–H groups in total. The molecule has 0 spiro atoms. The first-order chi connectivity index (χ1) is 12.1. The number of nitrogens with zero attached hydrogens (tertiary/aromatic N) is 4. The van der Waals surface area contributed by atoms with Gasteiger partial charge in [-0.05, 0) is 30.4 Å². The number of carbonyl (C=O) groups is 2. The van der Waals surface area contributed by atoms with Crippen molar-refractivity contribution in [3.8, 4) is 5.82 Å². The highest BCUT2D eigenvalue weighted by Gasteiger charge is 2.31. The first kappa shape index (κ1) is 17.1. The van der Waals surface area contributed by atoms with Crippen molar-refractivity contribution < 1.29 is 9.59 Å². The maximum atomic E-state index is 12.5. The predicted molar refractivity (Wildman–Crippen MR) is 90.6 cm³/mol. The summed E-state index contributed by atoms with van der Waals surface area (Å²) in [5.41, 5.74) is 0.880. The number of rotatable bonds is 6. The number of pyridine rings is 1. The van der Waals surface area contributed by atoms with E-state index in [0.717, 1.165) is 31.2 Å². The maximum absolute atomic E-state index is 12.5. The van der Waals surface area contributed by atoms with Gasteiger partial charge in [0.05, 0.1) is 0 Å². The van der Waals surface area contributed by atoms with Gasteiger partial charge in [0.25, 0.3) is 0 Å². The van der Waals surface area contributed by atoms with Gasteiger partial charge in [-0.25, -0.2) is 14.6 Å². The minimum atomic E-state index is -0.456. The van der Waals surface area contributed by atoms with Gasteiger partial charge in [-0.2, -0.15) is 5.10 Å². The Kier molecular flexibility index (Phi) is 5.37. The Bertz CT molecular complexity index is 707. The molecule has 8 nitrogen and oxygen atoms in total. The summed E-state index contributed by atoms with van der Waals surface area (Å²) in [4.78, 5) is 32.1. The Hall–Kier alpha value is -2.77. The zero-order valence-electron chi connectivity index (χ0n) is 14.2. The quantitative estimate of drug-likeness (QED) is 0.814. The Morgan fingerprint density at radius 1 is 1.32 bits per heavy atom. The fourth-order valence-corrected chi connectivity index (χ4v) is 3.19. The molecule has 0 aliphatic heterocycles. The molecule has 2 heterocycles. The number of hydrogen-bond donors (Lipinski definition) is 2. The van der Waals surface area contributed by atoms with Crippen LogP contribution >= 0.6 is 0 Å². The van der Waals surface area contributed by atoms with Crippen LogP contribution in [0.5, 0.6) is 0 Å². The van der Waals surface area contributed by atoms with Crippen molar-refractivity contribution in [3.63, 3.8) is 0 Å². The number of aromatic nitrogens is 4. The van der Waals surface area contributed by atoms with Crippen LogP contribution in [0.4, 0.5) is 0 Å². The van der Waals surface area contributed by atoms with Crippen LogP contribution in [0, 0.1) is 5.92 Å². The second kappa shape index (κ2) is 7.87. The second-order valence-electron chi connectivity index (χ2n) is 6.31. The van der Waals surface area contributed by atoms with Gasteiger partial charge in [0.1, 0.15) is 18.7 Å². The van der Waals surface area contributed by atoms with E-state index in [2.05, 4.69) is 25.7 Å². The molecule has 2 aromatic rings. The van der Waals surface area contributed by atoms with E-state index in [-0.39, 0.29) is 17.7 Å². The molecule has 0 radical (unpaired) electrons. The van der Waals surface area contributed by atoms with Crippen LogP contribution < -0.4 is 10.6 Å². The summed E-state index contributed by atoms with van der Waals surface area (Å²) in [5.74, 6) is 0.569. The summed E-state index contributed by atoms with van der Waals surface area (Å²) in [7, 11) is 0. The van der Waals surface area contributed by atoms with Gasteiger partial charge in [-0.3, -0.25) is 9.59 Å². The van der Waals surface area contributed by atoms with Crippen molar-refractivity contribution in [3.05, 3.63) is 36.5 Å². The van der Waals surface area contributed by atoms with Gasteiger partial charge in [0, 0.05) is 19.7 Å². The van der Waals surface area contributed by atoms with Gasteiger partial charge in [0.2, 0.25) is 11.8 Å². The SMILES string of the molecule is CC(=O)N[C@@H](C(=O)NCc1ccc(-n2cncn2)nc1)C1CCCC1. The van der Waals surface area contributed by atoms with Crippen molar-refractivity contribution >= 4 is 11.8 Å². The number of nitrogens with one attached hydrogen (secondary N) is 2. The third-order valence-electron chi connectivity index (χ3n) is 4.44. The van der Waals surface area contributed by atoms with E-state index in [1.807, 2.05) is 12.1 Å². The van der Waals surface area contributed by atoms with Crippen LogP contribution in [0.1, 0.15) is 38.2 Å². The van der Waals surface area contributed by atoms with Gasteiger partial charge < -0.3 is 10.6 Å². The summed E-state index contributed by atoms with van der Waals surface area (Å²) in [6.45, 7) is 1.81. The molecule has 1 fully saturated rings. The topological polar surface area (TPSA) is 102 Å². The van der Waals surface area contributed by atoms with Crippen LogP contribution in [-0.2, 0) is 16.1 Å². The molecular weight excluding hydrogens is 320 g/mol. The molecule has 132 valence electrons. The van der Waals surface area contributed by atoms with E-state index in [9.17, 15) is 9.59 Å². The lowest BCUT2D eigenvalue weighted by Crippen LogP contribution is -2.49. The lowest BCUT2D eigenvalue weighted by molar-refractivity contribution is -0.129. The number of amides is 2. The molecule has 0 bridgehead atoms. The maximum Gasteiger partial charge on any atom is 0.243 e. The fourth-order valence-electron chi connectivity index (χ4n) is 3.19. The Labute approximate surface area is 146 Å². The highest BCUT2D eigenvalue weighted by atomic mass is 16.2. The molecular formula is C17H22N6O2. The van der Waals surface area contributed by atoms with E-state index in [4.69, 9.17) is 0 Å². The van der Waals surface area contributed by atoms with Gasteiger partial charge in [0.15, 0.2) is 5.82 Å². The first-order valence-electron chi connectivity index (χ1n) is 8.48. The standard InChI is InChI=1S/C17H22N6O2/c1-12(24)22-16(14-4-2-3-5-14)17(25)20-9-13-6-7-15(19-8-13)23-11-18-10-21-23/h6-8,10-11,14,16H,2-5,9H2,1H3,(H,20,25)(H,22,24)/t16-/m1/s1. The average molecular weight is 342 g/mol. The molecule has 2 aromatic heterocycles. The summed E-state index contributed by atoms with van der Waals surface area (Å²) >= 11 is 0. The third kappa shape index (κ3) is 4.40. The number of hydrogen-bond acceptors (Lipinski definition) is 5. The third-order valence-corrected chi connectivity index (χ3v) is 4.44. The van der Waals surface area contributed by atoms with Gasteiger partial charge in [-0.15, -0.1) is 0 Å². The largest absolute Gasteiger partial charge is 0.350 e. The summed E-state index contributed by atoms with van der Waals surface area (Å²) < 4.78 is 1.56. The molecule has 1 saturated carbocycles. The monoisotopic (exact) mass is 342 g/mol. The van der Waals surface area contributed by atoms with E-state index >= 15 is 0 Å². The molecule has 25 heavy (non-hydrogen) atoms. The van der Waals surface area contributed by atoms with E-state index < -0.39 is 6.04 Å². The zero-order valence-corrected chi connectivity index (χ0v) is 14.2. The summed E-state index contributed by atoms with van der Waals surface area (Å²) in [5, 5.41) is 9.73. The van der Waals surface area contributed by atoms with Crippen LogP contribution in [0.3, 0.4) is 0 Å². The second-order valence-corrected chi connectivity index (χ2v) is 6.31. The van der Waals surface area contributed by atoms with Crippen LogP contribution in [0.15, 0.2) is 31.0 Å². The smallest absolute Gasteiger partial charge is 0.243 e. The average Bonchev–Trinajstić information content (AvgIpc) is 3.31. The predicted octanol–water partition coefficient (Wildman–Crippen LogP) is 0.973. The Balaban J connectivity index is 1.59. The Morgan fingerprint density at radius 2 is 2.12 bits per heavy atom. The van der Waals surface area contributed by atoms with Crippen LogP contribution in [-0.4, -0.2) is 37.6 Å². The molecule has 2 amide bonds. The van der Waals surface area contributed by atoms with Gasteiger partial charge in [-0.1, -0.05) is 18.9 Å². The first-order valence-corrected chi connectivity index (χ1v) is 8.48.